The van der Waals surface area contributed by atoms with Crippen LogP contribution in [0.25, 0.3) is 0 Å². The predicted molar refractivity (Wildman–Crippen MR) is 92.4 cm³/mol. The molecule has 0 saturated heterocycles. The van der Waals surface area contributed by atoms with Crippen molar-refractivity contribution in [3.63, 3.8) is 0 Å². The lowest BCUT2D eigenvalue weighted by molar-refractivity contribution is -0.136. The lowest BCUT2D eigenvalue weighted by Gasteiger charge is -2.18. The molecule has 4 nitrogen and oxygen atoms in total. The fourth-order valence-corrected chi connectivity index (χ4v) is 2.92. The van der Waals surface area contributed by atoms with Gasteiger partial charge in [-0.3, -0.25) is 0 Å². The van der Waals surface area contributed by atoms with Gasteiger partial charge in [0.25, 0.3) is 0 Å². The average Bonchev–Trinajstić information content (AvgIpc) is 3.41. The largest absolute Gasteiger partial charge is 0.497 e. The molecule has 1 aliphatic rings. The molecule has 2 aromatic carbocycles. The summed E-state index contributed by atoms with van der Waals surface area (Å²) >= 11 is 0. The molecule has 2 N–H and O–H groups in total. The average molecular weight is 364 g/mol. The number of hydrogen-bond acceptors (Lipinski definition) is 2. The summed E-state index contributed by atoms with van der Waals surface area (Å²) in [5.74, 6) is 0.749. The molecule has 0 bridgehead atoms. The van der Waals surface area contributed by atoms with Crippen LogP contribution in [-0.4, -0.2) is 19.7 Å². The zero-order valence-corrected chi connectivity index (χ0v) is 14.2. The third-order valence-corrected chi connectivity index (χ3v) is 4.62. The van der Waals surface area contributed by atoms with E-state index in [-0.39, 0.29) is 11.1 Å². The fraction of sp³-hybridized carbons (Fsp3) is 0.316. The summed E-state index contributed by atoms with van der Waals surface area (Å²) < 4.78 is 44.1. The van der Waals surface area contributed by atoms with E-state index >= 15 is 0 Å². The van der Waals surface area contributed by atoms with Gasteiger partial charge in [-0.25, -0.2) is 4.79 Å². The van der Waals surface area contributed by atoms with Gasteiger partial charge in [-0.05, 0) is 42.7 Å². The number of rotatable bonds is 5. The maximum Gasteiger partial charge on any atom is 0.418 e. The van der Waals surface area contributed by atoms with Crippen molar-refractivity contribution in [1.29, 1.82) is 0 Å². The normalized spacial score (nSPS) is 15.2. The molecule has 0 aliphatic heterocycles. The smallest absolute Gasteiger partial charge is 0.418 e. The van der Waals surface area contributed by atoms with E-state index in [1.165, 1.54) is 18.2 Å². The van der Waals surface area contributed by atoms with Gasteiger partial charge in [0, 0.05) is 12.0 Å². The molecular formula is C19H19F3N2O2. The molecule has 3 rings (SSSR count). The number of hydrogen-bond donors (Lipinski definition) is 2. The predicted octanol–water partition coefficient (Wildman–Crippen LogP) is 4.57. The standard InChI is InChI=1S/C19H19F3N2O2/c1-26-14-8-6-13(7-9-14)18(10-11-18)12-23-17(25)24-16-5-3-2-4-15(16)19(20,21)22/h2-9H,10-12H2,1H3,(H2,23,24,25). The zero-order valence-electron chi connectivity index (χ0n) is 14.2. The monoisotopic (exact) mass is 364 g/mol. The van der Waals surface area contributed by atoms with Crippen molar-refractivity contribution in [2.24, 2.45) is 0 Å². The first-order chi connectivity index (χ1) is 12.3. The molecule has 0 heterocycles. The van der Waals surface area contributed by atoms with Crippen LogP contribution in [0.15, 0.2) is 48.5 Å². The van der Waals surface area contributed by atoms with Gasteiger partial charge in [0.1, 0.15) is 5.75 Å². The lowest BCUT2D eigenvalue weighted by atomic mass is 9.96. The Balaban J connectivity index is 1.63. The highest BCUT2D eigenvalue weighted by Crippen LogP contribution is 2.47. The fourth-order valence-electron chi connectivity index (χ4n) is 2.92. The molecular weight excluding hydrogens is 345 g/mol. The highest BCUT2D eigenvalue weighted by atomic mass is 19.4. The maximum absolute atomic E-state index is 13.0. The topological polar surface area (TPSA) is 50.4 Å². The minimum absolute atomic E-state index is 0.160. The molecule has 0 radical (unpaired) electrons. The molecule has 7 heteroatoms. The number of methoxy groups -OCH3 is 1. The summed E-state index contributed by atoms with van der Waals surface area (Å²) in [7, 11) is 1.59. The summed E-state index contributed by atoms with van der Waals surface area (Å²) in [5.41, 5.74) is -0.208. The molecule has 1 saturated carbocycles. The summed E-state index contributed by atoms with van der Waals surface area (Å²) in [6.07, 6.45) is -2.69. The summed E-state index contributed by atoms with van der Waals surface area (Å²) in [5, 5.41) is 4.99. The summed E-state index contributed by atoms with van der Waals surface area (Å²) in [6.45, 7) is 0.360. The lowest BCUT2D eigenvalue weighted by Crippen LogP contribution is -2.35. The van der Waals surface area contributed by atoms with Gasteiger partial charge in [-0.1, -0.05) is 24.3 Å². The number of carbonyl (C=O) groups excluding carboxylic acids is 1. The van der Waals surface area contributed by atoms with Crippen molar-refractivity contribution in [1.82, 2.24) is 5.32 Å². The zero-order chi connectivity index (χ0) is 18.8. The van der Waals surface area contributed by atoms with E-state index in [1.807, 2.05) is 24.3 Å². The van der Waals surface area contributed by atoms with Crippen LogP contribution in [-0.2, 0) is 11.6 Å². The Morgan fingerprint density at radius 3 is 2.35 bits per heavy atom. The van der Waals surface area contributed by atoms with E-state index in [0.717, 1.165) is 30.2 Å². The van der Waals surface area contributed by atoms with Gasteiger partial charge in [0.15, 0.2) is 0 Å². The second-order valence-corrected chi connectivity index (χ2v) is 6.36. The van der Waals surface area contributed by atoms with Crippen LogP contribution in [0.1, 0.15) is 24.0 Å². The van der Waals surface area contributed by atoms with Crippen LogP contribution in [0, 0.1) is 0 Å². The van der Waals surface area contributed by atoms with Crippen molar-refractivity contribution in [2.75, 3.05) is 19.0 Å². The number of anilines is 1. The van der Waals surface area contributed by atoms with E-state index in [1.54, 1.807) is 7.11 Å². The number of ether oxygens (including phenoxy) is 1. The summed E-state index contributed by atoms with van der Waals surface area (Å²) in [4.78, 5) is 12.1. The molecule has 0 unspecified atom stereocenters. The molecule has 138 valence electrons. The molecule has 26 heavy (non-hydrogen) atoms. The molecule has 2 amide bonds. The molecule has 0 aromatic heterocycles. The third kappa shape index (κ3) is 3.92. The first kappa shape index (κ1) is 18.1. The highest BCUT2D eigenvalue weighted by Gasteiger charge is 2.44. The number of alkyl halides is 3. The number of urea groups is 1. The Kier molecular flexibility index (Phi) is 4.80. The van der Waals surface area contributed by atoms with Crippen molar-refractivity contribution in [3.05, 3.63) is 59.7 Å². The SMILES string of the molecule is COc1ccc(C2(CNC(=O)Nc3ccccc3C(F)(F)F)CC2)cc1. The van der Waals surface area contributed by atoms with E-state index < -0.39 is 17.8 Å². The van der Waals surface area contributed by atoms with Crippen molar-refractivity contribution in [3.8, 4) is 5.75 Å². The summed E-state index contributed by atoms with van der Waals surface area (Å²) in [6, 6.07) is 11.9. The number of carbonyl (C=O) groups is 1. The Morgan fingerprint density at radius 1 is 1.12 bits per heavy atom. The Hall–Kier alpha value is -2.70. The second-order valence-electron chi connectivity index (χ2n) is 6.36. The molecule has 0 atom stereocenters. The minimum Gasteiger partial charge on any atom is -0.497 e. The van der Waals surface area contributed by atoms with Crippen molar-refractivity contribution >= 4 is 11.7 Å². The van der Waals surface area contributed by atoms with Gasteiger partial charge in [-0.2, -0.15) is 13.2 Å². The number of benzene rings is 2. The second kappa shape index (κ2) is 6.90. The quantitative estimate of drug-likeness (QED) is 0.817. The highest BCUT2D eigenvalue weighted by molar-refractivity contribution is 5.90. The Labute approximate surface area is 149 Å². The first-order valence-electron chi connectivity index (χ1n) is 8.20. The molecule has 1 fully saturated rings. The van der Waals surface area contributed by atoms with E-state index in [9.17, 15) is 18.0 Å². The van der Waals surface area contributed by atoms with E-state index in [4.69, 9.17) is 4.74 Å². The van der Waals surface area contributed by atoms with Crippen LogP contribution in [0.5, 0.6) is 5.75 Å². The van der Waals surface area contributed by atoms with Gasteiger partial charge >= 0.3 is 12.2 Å². The van der Waals surface area contributed by atoms with Crippen LogP contribution >= 0.6 is 0 Å². The third-order valence-electron chi connectivity index (χ3n) is 4.62. The minimum atomic E-state index is -4.52. The van der Waals surface area contributed by atoms with Crippen molar-refractivity contribution in [2.45, 2.75) is 24.4 Å². The first-order valence-corrected chi connectivity index (χ1v) is 8.20. The van der Waals surface area contributed by atoms with Crippen LogP contribution in [0.2, 0.25) is 0 Å². The number of halogens is 3. The van der Waals surface area contributed by atoms with Crippen LogP contribution in [0.3, 0.4) is 0 Å². The van der Waals surface area contributed by atoms with E-state index in [2.05, 4.69) is 10.6 Å². The Bertz CT molecular complexity index is 784. The number of nitrogens with one attached hydrogen (secondary N) is 2. The van der Waals surface area contributed by atoms with E-state index in [0.29, 0.717) is 6.54 Å². The van der Waals surface area contributed by atoms with Crippen LogP contribution < -0.4 is 15.4 Å². The molecule has 2 aromatic rings. The maximum atomic E-state index is 13.0. The molecule has 0 spiro atoms. The van der Waals surface area contributed by atoms with Crippen LogP contribution in [0.4, 0.5) is 23.7 Å². The van der Waals surface area contributed by atoms with Gasteiger partial charge < -0.3 is 15.4 Å². The van der Waals surface area contributed by atoms with Gasteiger partial charge in [0.2, 0.25) is 0 Å². The van der Waals surface area contributed by atoms with Crippen molar-refractivity contribution < 1.29 is 22.7 Å². The molecule has 1 aliphatic carbocycles. The van der Waals surface area contributed by atoms with Gasteiger partial charge in [-0.15, -0.1) is 0 Å². The number of amides is 2. The Morgan fingerprint density at radius 2 is 1.77 bits per heavy atom. The number of para-hydroxylation sites is 1. The van der Waals surface area contributed by atoms with Gasteiger partial charge in [0.05, 0.1) is 18.4 Å².